The third-order valence-electron chi connectivity index (χ3n) is 4.55. The summed E-state index contributed by atoms with van der Waals surface area (Å²) in [5, 5.41) is 0. The van der Waals surface area contributed by atoms with Gasteiger partial charge in [0.05, 0.1) is 30.3 Å². The molecule has 0 aliphatic rings. The van der Waals surface area contributed by atoms with Crippen molar-refractivity contribution >= 4 is 17.3 Å². The first-order valence-electron chi connectivity index (χ1n) is 8.62. The summed E-state index contributed by atoms with van der Waals surface area (Å²) < 4.78 is 14.4. The van der Waals surface area contributed by atoms with Crippen LogP contribution >= 0.6 is 0 Å². The Morgan fingerprint density at radius 2 is 1.89 bits per heavy atom. The fraction of sp³-hybridized carbons (Fsp3) is 0.350. The minimum atomic E-state index is -0.111. The summed E-state index contributed by atoms with van der Waals surface area (Å²) in [7, 11) is 5.00. The number of aldehydes is 1. The number of ether oxygens (including phenoxy) is 2. The molecule has 0 fully saturated rings. The standard InChI is InChI=1S/C20H23N3O4/c1-13-7-15(9-22(2)20(13)25)19-21-17-8-14(10-24)5-6-18(17)23(19)16(11-26-3)12-27-4/h5-10,16H,11-12H2,1-4H3. The average molecular weight is 369 g/mol. The number of methoxy groups -OCH3 is 2. The first kappa shape index (κ1) is 19.0. The summed E-state index contributed by atoms with van der Waals surface area (Å²) in [4.78, 5) is 28.0. The summed E-state index contributed by atoms with van der Waals surface area (Å²) in [5.41, 5.74) is 3.55. The van der Waals surface area contributed by atoms with E-state index in [1.165, 1.54) is 0 Å². The molecule has 27 heavy (non-hydrogen) atoms. The normalized spacial score (nSPS) is 11.4. The molecule has 0 amide bonds. The van der Waals surface area contributed by atoms with Crippen molar-refractivity contribution in [2.45, 2.75) is 13.0 Å². The van der Waals surface area contributed by atoms with Crippen LogP contribution in [0.4, 0.5) is 0 Å². The number of rotatable bonds is 7. The minimum Gasteiger partial charge on any atom is -0.382 e. The van der Waals surface area contributed by atoms with Gasteiger partial charge in [-0.25, -0.2) is 4.98 Å². The second-order valence-corrected chi connectivity index (χ2v) is 6.56. The Morgan fingerprint density at radius 1 is 1.19 bits per heavy atom. The molecule has 2 heterocycles. The van der Waals surface area contributed by atoms with E-state index in [0.717, 1.165) is 17.4 Å². The van der Waals surface area contributed by atoms with Crippen LogP contribution in [0.15, 0.2) is 35.3 Å². The Bertz CT molecular complexity index is 1000. The molecule has 0 atom stereocenters. The Morgan fingerprint density at radius 3 is 2.48 bits per heavy atom. The van der Waals surface area contributed by atoms with Gasteiger partial charge in [-0.05, 0) is 31.2 Å². The number of pyridine rings is 1. The van der Waals surface area contributed by atoms with Gasteiger partial charge in [-0.3, -0.25) is 9.59 Å². The van der Waals surface area contributed by atoms with Crippen molar-refractivity contribution in [3.8, 4) is 11.4 Å². The highest BCUT2D eigenvalue weighted by Crippen LogP contribution is 2.29. The molecule has 0 aliphatic heterocycles. The van der Waals surface area contributed by atoms with Crippen molar-refractivity contribution in [2.75, 3.05) is 27.4 Å². The Labute approximate surface area is 157 Å². The summed E-state index contributed by atoms with van der Waals surface area (Å²) in [6.07, 6.45) is 2.57. The van der Waals surface area contributed by atoms with Crippen LogP contribution in [0.1, 0.15) is 22.0 Å². The summed E-state index contributed by atoms with van der Waals surface area (Å²) in [5.74, 6) is 0.700. The number of aryl methyl sites for hydroxylation is 2. The van der Waals surface area contributed by atoms with Crippen LogP contribution in [0.2, 0.25) is 0 Å². The van der Waals surface area contributed by atoms with Gasteiger partial charge in [-0.2, -0.15) is 0 Å². The summed E-state index contributed by atoms with van der Waals surface area (Å²) >= 11 is 0. The van der Waals surface area contributed by atoms with E-state index in [1.807, 2.05) is 12.1 Å². The molecule has 3 aromatic rings. The lowest BCUT2D eigenvalue weighted by atomic mass is 10.2. The number of imidazole rings is 1. The van der Waals surface area contributed by atoms with Crippen LogP contribution in [0.25, 0.3) is 22.4 Å². The highest BCUT2D eigenvalue weighted by molar-refractivity contribution is 5.87. The molecule has 0 saturated carbocycles. The first-order valence-corrected chi connectivity index (χ1v) is 8.62. The number of fused-ring (bicyclic) bond motifs is 1. The van der Waals surface area contributed by atoms with Gasteiger partial charge >= 0.3 is 0 Å². The lowest BCUT2D eigenvalue weighted by Gasteiger charge is -2.21. The van der Waals surface area contributed by atoms with Gasteiger partial charge in [0, 0.05) is 44.2 Å². The van der Waals surface area contributed by atoms with E-state index in [2.05, 4.69) is 4.57 Å². The topological polar surface area (TPSA) is 75.3 Å². The van der Waals surface area contributed by atoms with Crippen LogP contribution in [0, 0.1) is 6.92 Å². The second-order valence-electron chi connectivity index (χ2n) is 6.56. The van der Waals surface area contributed by atoms with E-state index in [-0.39, 0.29) is 11.6 Å². The third-order valence-corrected chi connectivity index (χ3v) is 4.55. The molecule has 7 heteroatoms. The smallest absolute Gasteiger partial charge is 0.253 e. The maximum Gasteiger partial charge on any atom is 0.253 e. The average Bonchev–Trinajstić information content (AvgIpc) is 3.03. The molecule has 7 nitrogen and oxygen atoms in total. The summed E-state index contributed by atoms with van der Waals surface area (Å²) in [6.45, 7) is 2.66. The quantitative estimate of drug-likeness (QED) is 0.598. The zero-order chi connectivity index (χ0) is 19.6. The largest absolute Gasteiger partial charge is 0.382 e. The molecule has 0 aliphatic carbocycles. The van der Waals surface area contributed by atoms with Gasteiger partial charge in [0.25, 0.3) is 5.56 Å². The molecule has 1 aromatic carbocycles. The van der Waals surface area contributed by atoms with E-state index in [4.69, 9.17) is 14.5 Å². The molecule has 3 rings (SSSR count). The van der Waals surface area contributed by atoms with Gasteiger partial charge in [-0.15, -0.1) is 0 Å². The number of carbonyl (C=O) groups excluding carboxylic acids is 1. The van der Waals surface area contributed by atoms with Crippen molar-refractivity contribution in [2.24, 2.45) is 7.05 Å². The monoisotopic (exact) mass is 369 g/mol. The van der Waals surface area contributed by atoms with E-state index in [0.29, 0.717) is 35.7 Å². The maximum atomic E-state index is 12.1. The van der Waals surface area contributed by atoms with Crippen LogP contribution in [-0.2, 0) is 16.5 Å². The van der Waals surface area contributed by atoms with E-state index in [1.54, 1.807) is 51.1 Å². The van der Waals surface area contributed by atoms with Crippen molar-refractivity contribution in [1.82, 2.24) is 14.1 Å². The van der Waals surface area contributed by atoms with E-state index in [9.17, 15) is 9.59 Å². The zero-order valence-electron chi connectivity index (χ0n) is 15.9. The molecule has 0 unspecified atom stereocenters. The van der Waals surface area contributed by atoms with Gasteiger partial charge in [-0.1, -0.05) is 0 Å². The number of hydrogen-bond acceptors (Lipinski definition) is 5. The SMILES string of the molecule is COCC(COC)n1c(-c2cc(C)c(=O)n(C)c2)nc2cc(C=O)ccc21. The highest BCUT2D eigenvalue weighted by Gasteiger charge is 2.21. The van der Waals surface area contributed by atoms with Crippen LogP contribution in [-0.4, -0.2) is 47.8 Å². The van der Waals surface area contributed by atoms with Crippen molar-refractivity contribution in [1.29, 1.82) is 0 Å². The number of benzene rings is 1. The Balaban J connectivity index is 2.31. The van der Waals surface area contributed by atoms with Crippen molar-refractivity contribution in [3.05, 3.63) is 51.9 Å². The van der Waals surface area contributed by atoms with Gasteiger partial charge in [0.1, 0.15) is 12.1 Å². The maximum absolute atomic E-state index is 12.1. The Kier molecular flexibility index (Phi) is 5.53. The van der Waals surface area contributed by atoms with Crippen LogP contribution < -0.4 is 5.56 Å². The van der Waals surface area contributed by atoms with Gasteiger partial charge in [0.15, 0.2) is 0 Å². The molecule has 0 N–H and O–H groups in total. The van der Waals surface area contributed by atoms with E-state index < -0.39 is 0 Å². The molecule has 0 radical (unpaired) electrons. The number of hydrogen-bond donors (Lipinski definition) is 0. The third kappa shape index (κ3) is 3.56. The Hall–Kier alpha value is -2.77. The molecule has 0 bridgehead atoms. The second kappa shape index (κ2) is 7.85. The lowest BCUT2D eigenvalue weighted by Crippen LogP contribution is -2.22. The molecular formula is C20H23N3O4. The fourth-order valence-electron chi connectivity index (χ4n) is 3.34. The number of nitrogens with zero attached hydrogens (tertiary/aromatic N) is 3. The predicted molar refractivity (Wildman–Crippen MR) is 103 cm³/mol. The summed E-state index contributed by atoms with van der Waals surface area (Å²) in [6, 6.07) is 7.12. The molecule has 142 valence electrons. The number of aromatic nitrogens is 3. The molecular weight excluding hydrogens is 346 g/mol. The molecule has 0 saturated heterocycles. The molecule has 2 aromatic heterocycles. The van der Waals surface area contributed by atoms with E-state index >= 15 is 0 Å². The zero-order valence-corrected chi connectivity index (χ0v) is 15.9. The van der Waals surface area contributed by atoms with Crippen LogP contribution in [0.5, 0.6) is 0 Å². The van der Waals surface area contributed by atoms with Crippen molar-refractivity contribution in [3.63, 3.8) is 0 Å². The predicted octanol–water partition coefficient (Wildman–Crippen LogP) is 2.36. The fourth-order valence-corrected chi connectivity index (χ4v) is 3.34. The highest BCUT2D eigenvalue weighted by atomic mass is 16.5. The minimum absolute atomic E-state index is 0.0463. The molecule has 0 spiro atoms. The number of carbonyl (C=O) groups is 1. The van der Waals surface area contributed by atoms with Gasteiger partial charge in [0.2, 0.25) is 0 Å². The van der Waals surface area contributed by atoms with Crippen molar-refractivity contribution < 1.29 is 14.3 Å². The first-order chi connectivity index (χ1) is 13.0. The van der Waals surface area contributed by atoms with Gasteiger partial charge < -0.3 is 18.6 Å². The van der Waals surface area contributed by atoms with Crippen LogP contribution in [0.3, 0.4) is 0 Å². The lowest BCUT2D eigenvalue weighted by molar-refractivity contribution is 0.0918.